The van der Waals surface area contributed by atoms with Crippen LogP contribution in [0.5, 0.6) is 0 Å². The molecule has 8 heteroatoms. The lowest BCUT2D eigenvalue weighted by atomic mass is 9.75. The molecule has 0 aromatic heterocycles. The smallest absolute Gasteiger partial charge is 0.243 e. The maximum atomic E-state index is 12.7. The number of rotatable bonds is 2. The molecule has 0 aliphatic carbocycles. The number of hydrogen-bond acceptors (Lipinski definition) is 5. The van der Waals surface area contributed by atoms with Crippen LogP contribution in [0, 0.1) is 0 Å². The Bertz CT molecular complexity index is 696. The van der Waals surface area contributed by atoms with Gasteiger partial charge in [-0.3, -0.25) is 0 Å². The number of halogens is 1. The summed E-state index contributed by atoms with van der Waals surface area (Å²) in [5, 5.41) is 21.3. The molecule has 1 aromatic rings. The number of piperidine rings is 1. The van der Waals surface area contributed by atoms with E-state index in [9.17, 15) is 18.6 Å². The van der Waals surface area contributed by atoms with Crippen molar-refractivity contribution in [1.82, 2.24) is 4.31 Å². The second-order valence-corrected chi connectivity index (χ2v) is 9.16. The minimum Gasteiger partial charge on any atom is -0.387 e. The number of aliphatic hydroxyl groups excluding tert-OH is 1. The van der Waals surface area contributed by atoms with E-state index >= 15 is 0 Å². The monoisotopic (exact) mass is 375 g/mol. The average Bonchev–Trinajstić information content (AvgIpc) is 2.53. The lowest BCUT2D eigenvalue weighted by molar-refractivity contribution is -0.243. The minimum absolute atomic E-state index is 0.194. The van der Waals surface area contributed by atoms with Crippen LogP contribution in [0.3, 0.4) is 0 Å². The van der Waals surface area contributed by atoms with Gasteiger partial charge in [0.05, 0.1) is 22.7 Å². The highest BCUT2D eigenvalue weighted by Crippen LogP contribution is 2.40. The van der Waals surface area contributed by atoms with Gasteiger partial charge in [-0.05, 0) is 44.0 Å². The summed E-state index contributed by atoms with van der Waals surface area (Å²) in [5.74, 6) is 0. The Labute approximate surface area is 147 Å². The van der Waals surface area contributed by atoms with Crippen LogP contribution in [-0.2, 0) is 14.8 Å². The van der Waals surface area contributed by atoms with Gasteiger partial charge in [0.25, 0.3) is 0 Å². The van der Waals surface area contributed by atoms with Gasteiger partial charge >= 0.3 is 0 Å². The molecule has 2 heterocycles. The number of nitrogens with zero attached hydrogens (tertiary/aromatic N) is 1. The molecule has 2 saturated heterocycles. The molecule has 24 heavy (non-hydrogen) atoms. The van der Waals surface area contributed by atoms with Crippen molar-refractivity contribution >= 4 is 21.6 Å². The summed E-state index contributed by atoms with van der Waals surface area (Å²) < 4.78 is 32.6. The van der Waals surface area contributed by atoms with Crippen molar-refractivity contribution in [1.29, 1.82) is 0 Å². The van der Waals surface area contributed by atoms with E-state index in [0.717, 1.165) is 0 Å². The predicted molar refractivity (Wildman–Crippen MR) is 89.4 cm³/mol. The summed E-state index contributed by atoms with van der Waals surface area (Å²) in [7, 11) is -3.61. The normalized spacial score (nSPS) is 31.2. The third kappa shape index (κ3) is 3.09. The first-order valence-electron chi connectivity index (χ1n) is 7.98. The van der Waals surface area contributed by atoms with E-state index in [-0.39, 0.29) is 18.0 Å². The van der Waals surface area contributed by atoms with E-state index in [4.69, 9.17) is 16.3 Å². The van der Waals surface area contributed by atoms with Crippen LogP contribution >= 0.6 is 11.6 Å². The van der Waals surface area contributed by atoms with Crippen molar-refractivity contribution in [3.05, 3.63) is 29.3 Å². The lowest BCUT2D eigenvalue weighted by Gasteiger charge is -2.51. The van der Waals surface area contributed by atoms with Crippen LogP contribution in [0.2, 0.25) is 5.02 Å². The second kappa shape index (κ2) is 6.23. The standard InChI is InChI=1S/C16H22ClNO5S/c1-15(20)8-11-23-16(14(15)19)6-9-18(10-7-16)24(21,22)13-4-2-12(17)3-5-13/h2-5,14,19-20H,6-11H2,1H3/t14-,15+/m0/s1. The van der Waals surface area contributed by atoms with Crippen molar-refractivity contribution < 1.29 is 23.4 Å². The highest BCUT2D eigenvalue weighted by atomic mass is 35.5. The highest BCUT2D eigenvalue weighted by molar-refractivity contribution is 7.89. The first-order valence-corrected chi connectivity index (χ1v) is 9.79. The maximum absolute atomic E-state index is 12.7. The number of benzene rings is 1. The van der Waals surface area contributed by atoms with Gasteiger partial charge in [0.2, 0.25) is 10.0 Å². The van der Waals surface area contributed by atoms with Crippen molar-refractivity contribution in [3.8, 4) is 0 Å². The molecule has 2 aliphatic heterocycles. The van der Waals surface area contributed by atoms with Crippen molar-refractivity contribution in [3.63, 3.8) is 0 Å². The summed E-state index contributed by atoms with van der Waals surface area (Å²) in [6.07, 6.45) is 0.0240. The van der Waals surface area contributed by atoms with Gasteiger partial charge in [0.1, 0.15) is 6.10 Å². The summed E-state index contributed by atoms with van der Waals surface area (Å²) in [6.45, 7) is 2.42. The molecule has 0 radical (unpaired) electrons. The van der Waals surface area contributed by atoms with Crippen LogP contribution in [-0.4, -0.2) is 59.9 Å². The van der Waals surface area contributed by atoms with E-state index < -0.39 is 27.3 Å². The van der Waals surface area contributed by atoms with Gasteiger partial charge in [-0.25, -0.2) is 8.42 Å². The molecule has 1 spiro atoms. The number of hydrogen-bond donors (Lipinski definition) is 2. The van der Waals surface area contributed by atoms with Crippen LogP contribution in [0.1, 0.15) is 26.2 Å². The Balaban J connectivity index is 1.76. The summed E-state index contributed by atoms with van der Waals surface area (Å²) in [6, 6.07) is 6.06. The molecule has 2 fully saturated rings. The quantitative estimate of drug-likeness (QED) is 0.815. The van der Waals surface area contributed by atoms with Gasteiger partial charge in [-0.15, -0.1) is 0 Å². The maximum Gasteiger partial charge on any atom is 0.243 e. The van der Waals surface area contributed by atoms with Gasteiger partial charge in [-0.1, -0.05) is 11.6 Å². The molecular weight excluding hydrogens is 354 g/mol. The van der Waals surface area contributed by atoms with Crippen molar-refractivity contribution in [2.45, 2.75) is 48.4 Å². The fourth-order valence-corrected chi connectivity index (χ4v) is 5.09. The zero-order valence-corrected chi connectivity index (χ0v) is 15.1. The van der Waals surface area contributed by atoms with E-state index in [1.807, 2.05) is 0 Å². The lowest BCUT2D eigenvalue weighted by Crippen LogP contribution is -2.64. The highest BCUT2D eigenvalue weighted by Gasteiger charge is 2.53. The number of aliphatic hydroxyl groups is 2. The van der Waals surface area contributed by atoms with Gasteiger partial charge in [-0.2, -0.15) is 4.31 Å². The van der Waals surface area contributed by atoms with Crippen LogP contribution < -0.4 is 0 Å². The third-order valence-electron chi connectivity index (χ3n) is 5.11. The Kier molecular flexibility index (Phi) is 4.70. The van der Waals surface area contributed by atoms with Gasteiger partial charge < -0.3 is 14.9 Å². The van der Waals surface area contributed by atoms with Gasteiger partial charge in [0, 0.05) is 24.5 Å². The van der Waals surface area contributed by atoms with E-state index in [2.05, 4.69) is 0 Å². The fraction of sp³-hybridized carbons (Fsp3) is 0.625. The summed E-state index contributed by atoms with van der Waals surface area (Å²) in [4.78, 5) is 0.194. The zero-order chi connectivity index (χ0) is 17.6. The minimum atomic E-state index is -3.61. The number of sulfonamides is 1. The molecule has 0 amide bonds. The topological polar surface area (TPSA) is 87.1 Å². The van der Waals surface area contributed by atoms with E-state index in [1.54, 1.807) is 19.1 Å². The molecule has 2 atom stereocenters. The molecule has 6 nitrogen and oxygen atoms in total. The summed E-state index contributed by atoms with van der Waals surface area (Å²) in [5.41, 5.74) is -2.09. The fourth-order valence-electron chi connectivity index (χ4n) is 3.52. The second-order valence-electron chi connectivity index (χ2n) is 6.78. The molecule has 1 aromatic carbocycles. The van der Waals surface area contributed by atoms with E-state index in [0.29, 0.717) is 30.9 Å². The average molecular weight is 376 g/mol. The van der Waals surface area contributed by atoms with Crippen LogP contribution in [0.15, 0.2) is 29.2 Å². The predicted octanol–water partition coefficient (Wildman–Crippen LogP) is 1.40. The summed E-state index contributed by atoms with van der Waals surface area (Å²) >= 11 is 5.81. The van der Waals surface area contributed by atoms with Crippen LogP contribution in [0.25, 0.3) is 0 Å². The van der Waals surface area contributed by atoms with E-state index in [1.165, 1.54) is 16.4 Å². The number of ether oxygens (including phenoxy) is 1. The van der Waals surface area contributed by atoms with Gasteiger partial charge in [0.15, 0.2) is 0 Å². The first kappa shape index (κ1) is 18.1. The molecule has 0 saturated carbocycles. The third-order valence-corrected chi connectivity index (χ3v) is 7.27. The Morgan fingerprint density at radius 1 is 1.21 bits per heavy atom. The Hall–Kier alpha value is -0.700. The first-order chi connectivity index (χ1) is 11.2. The van der Waals surface area contributed by atoms with Crippen molar-refractivity contribution in [2.24, 2.45) is 0 Å². The van der Waals surface area contributed by atoms with Crippen molar-refractivity contribution in [2.75, 3.05) is 19.7 Å². The zero-order valence-electron chi connectivity index (χ0n) is 13.5. The Morgan fingerprint density at radius 2 is 1.79 bits per heavy atom. The molecule has 3 rings (SSSR count). The van der Waals surface area contributed by atoms with Crippen LogP contribution in [0.4, 0.5) is 0 Å². The molecule has 0 bridgehead atoms. The molecule has 134 valence electrons. The largest absolute Gasteiger partial charge is 0.387 e. The molecule has 2 N–H and O–H groups in total. The molecule has 2 aliphatic rings. The Morgan fingerprint density at radius 3 is 2.38 bits per heavy atom. The SMILES string of the molecule is C[C@@]1(O)CCOC2(CCN(S(=O)(=O)c3ccc(Cl)cc3)CC2)[C@H]1O. The molecule has 0 unspecified atom stereocenters. The molecular formula is C16H22ClNO5S.